The number of hydrogen-bond acceptors (Lipinski definition) is 5. The maximum atomic E-state index is 12.9. The molecule has 0 spiro atoms. The molecule has 1 aliphatic heterocycles. The normalized spacial score (nSPS) is 21.4. The van der Waals surface area contributed by atoms with Crippen LogP contribution in [0.1, 0.15) is 24.8 Å². The largest absolute Gasteiger partial charge is 0.310 e. The number of carbonyl (C=O) groups excluding carboxylic acids is 2. The van der Waals surface area contributed by atoms with Crippen molar-refractivity contribution in [3.63, 3.8) is 0 Å². The Morgan fingerprint density at radius 2 is 2.18 bits per heavy atom. The van der Waals surface area contributed by atoms with Crippen molar-refractivity contribution in [1.29, 1.82) is 5.26 Å². The lowest BCUT2D eigenvalue weighted by molar-refractivity contribution is -0.123. The maximum Gasteiger partial charge on any atom is 0.248 e. The van der Waals surface area contributed by atoms with Gasteiger partial charge in [0.1, 0.15) is 23.4 Å². The number of halogens is 1. The molecule has 8 heteroatoms. The zero-order chi connectivity index (χ0) is 19.7. The minimum Gasteiger partial charge on any atom is -0.310 e. The lowest BCUT2D eigenvalue weighted by Crippen LogP contribution is -2.35. The topological polar surface area (TPSA) is 99.0 Å². The molecule has 7 nitrogen and oxygen atoms in total. The Labute approximate surface area is 167 Å². The minimum absolute atomic E-state index is 0.147. The lowest BCUT2D eigenvalue weighted by Gasteiger charge is -2.20. The van der Waals surface area contributed by atoms with Crippen molar-refractivity contribution < 1.29 is 9.59 Å². The van der Waals surface area contributed by atoms with E-state index in [2.05, 4.69) is 21.4 Å². The van der Waals surface area contributed by atoms with Crippen molar-refractivity contribution in [2.75, 3.05) is 16.8 Å². The Morgan fingerprint density at radius 1 is 1.36 bits per heavy atom. The number of carbonyl (C=O) groups is 2. The summed E-state index contributed by atoms with van der Waals surface area (Å²) in [6.45, 7) is 0.440. The van der Waals surface area contributed by atoms with Gasteiger partial charge in [-0.3, -0.25) is 14.5 Å². The van der Waals surface area contributed by atoms with Gasteiger partial charge in [0.25, 0.3) is 0 Å². The summed E-state index contributed by atoms with van der Waals surface area (Å²) in [6, 6.07) is 10.9. The minimum atomic E-state index is -0.930. The summed E-state index contributed by atoms with van der Waals surface area (Å²) in [4.78, 5) is 34.9. The van der Waals surface area contributed by atoms with Crippen molar-refractivity contribution in [3.05, 3.63) is 47.2 Å². The fourth-order valence-corrected chi connectivity index (χ4v) is 3.90. The molecule has 28 heavy (non-hydrogen) atoms. The number of benzene rings is 1. The van der Waals surface area contributed by atoms with E-state index in [9.17, 15) is 14.9 Å². The van der Waals surface area contributed by atoms with E-state index >= 15 is 0 Å². The van der Waals surface area contributed by atoms with Crippen LogP contribution >= 0.6 is 11.6 Å². The summed E-state index contributed by atoms with van der Waals surface area (Å²) in [5, 5.41) is 12.9. The fourth-order valence-electron chi connectivity index (χ4n) is 3.69. The third kappa shape index (κ3) is 3.43. The maximum absolute atomic E-state index is 12.9. The quantitative estimate of drug-likeness (QED) is 0.839. The van der Waals surface area contributed by atoms with Gasteiger partial charge in [-0.25, -0.2) is 9.97 Å². The number of hydrogen-bond donors (Lipinski definition) is 1. The van der Waals surface area contributed by atoms with Crippen LogP contribution in [-0.2, 0) is 16.0 Å². The standard InChI is InChI=1S/C20H18ClN5O2/c21-15-3-1-2-13(8-15)9-18(27)25-16-10-17(24-12-23-16)26-7-6-20(11-22,19(26)28)14-4-5-14/h1-3,8,10,12,14H,4-7,9H2,(H,23,24,25,27)/t20-/m1/s1. The molecule has 142 valence electrons. The number of amides is 2. The SMILES string of the molecule is N#C[C@@]1(C2CC2)CCN(c2cc(NC(=O)Cc3cccc(Cl)c3)ncn2)C1=O. The summed E-state index contributed by atoms with van der Waals surface area (Å²) in [6.07, 6.45) is 3.81. The Balaban J connectivity index is 1.47. The van der Waals surface area contributed by atoms with E-state index in [0.717, 1.165) is 18.4 Å². The van der Waals surface area contributed by atoms with Crippen LogP contribution in [0.4, 0.5) is 11.6 Å². The third-order valence-corrected chi connectivity index (χ3v) is 5.52. The van der Waals surface area contributed by atoms with Crippen LogP contribution < -0.4 is 10.2 Å². The van der Waals surface area contributed by atoms with Crippen molar-refractivity contribution in [2.24, 2.45) is 11.3 Å². The molecular formula is C20H18ClN5O2. The predicted molar refractivity (Wildman–Crippen MR) is 104 cm³/mol. The highest BCUT2D eigenvalue weighted by molar-refractivity contribution is 6.30. The second kappa shape index (κ2) is 7.21. The molecular weight excluding hydrogens is 378 g/mol. The Morgan fingerprint density at radius 3 is 2.89 bits per heavy atom. The molecule has 2 aliphatic rings. The van der Waals surface area contributed by atoms with Gasteiger partial charge < -0.3 is 5.32 Å². The van der Waals surface area contributed by atoms with Crippen molar-refractivity contribution in [1.82, 2.24) is 9.97 Å². The number of nitrogens with one attached hydrogen (secondary N) is 1. The first-order valence-corrected chi connectivity index (χ1v) is 9.49. The van der Waals surface area contributed by atoms with Gasteiger partial charge in [-0.2, -0.15) is 5.26 Å². The molecule has 2 aromatic rings. The van der Waals surface area contributed by atoms with Crippen LogP contribution in [0.25, 0.3) is 0 Å². The molecule has 4 rings (SSSR count). The van der Waals surface area contributed by atoms with Crippen LogP contribution in [-0.4, -0.2) is 28.3 Å². The van der Waals surface area contributed by atoms with E-state index in [-0.39, 0.29) is 24.2 Å². The van der Waals surface area contributed by atoms with Crippen molar-refractivity contribution >= 4 is 35.1 Å². The predicted octanol–water partition coefficient (Wildman–Crippen LogP) is 2.97. The van der Waals surface area contributed by atoms with E-state index in [1.54, 1.807) is 24.3 Å². The molecule has 2 heterocycles. The fraction of sp³-hybridized carbons (Fsp3) is 0.350. The van der Waals surface area contributed by atoms with Gasteiger partial charge in [0.15, 0.2) is 0 Å². The molecule has 1 aliphatic carbocycles. The Bertz CT molecular complexity index is 985. The summed E-state index contributed by atoms with van der Waals surface area (Å²) in [7, 11) is 0. The first-order valence-electron chi connectivity index (χ1n) is 9.11. The van der Waals surface area contributed by atoms with Crippen LogP contribution in [0, 0.1) is 22.7 Å². The number of nitriles is 1. The van der Waals surface area contributed by atoms with Gasteiger partial charge in [-0.15, -0.1) is 0 Å². The van der Waals surface area contributed by atoms with E-state index in [1.807, 2.05) is 6.07 Å². The molecule has 1 saturated heterocycles. The van der Waals surface area contributed by atoms with E-state index in [0.29, 0.717) is 29.6 Å². The van der Waals surface area contributed by atoms with E-state index in [1.165, 1.54) is 11.2 Å². The molecule has 1 atom stereocenters. The first-order chi connectivity index (χ1) is 13.5. The smallest absolute Gasteiger partial charge is 0.248 e. The molecule has 2 fully saturated rings. The zero-order valence-corrected chi connectivity index (χ0v) is 15.8. The van der Waals surface area contributed by atoms with Gasteiger partial charge in [-0.05, 0) is 42.9 Å². The van der Waals surface area contributed by atoms with Crippen LogP contribution in [0.2, 0.25) is 5.02 Å². The summed E-state index contributed by atoms with van der Waals surface area (Å²) < 4.78 is 0. The number of nitrogens with zero attached hydrogens (tertiary/aromatic N) is 4. The Kier molecular flexibility index (Phi) is 4.73. The van der Waals surface area contributed by atoms with E-state index < -0.39 is 5.41 Å². The average Bonchev–Trinajstić information content (AvgIpc) is 3.46. The van der Waals surface area contributed by atoms with Gasteiger partial charge in [-0.1, -0.05) is 23.7 Å². The first kappa shape index (κ1) is 18.4. The zero-order valence-electron chi connectivity index (χ0n) is 15.1. The molecule has 1 N–H and O–H groups in total. The summed E-state index contributed by atoms with van der Waals surface area (Å²) >= 11 is 5.94. The highest BCUT2D eigenvalue weighted by Crippen LogP contribution is 2.51. The van der Waals surface area contributed by atoms with Gasteiger partial charge in [0.2, 0.25) is 11.8 Å². The van der Waals surface area contributed by atoms with Crippen LogP contribution in [0.5, 0.6) is 0 Å². The summed E-state index contributed by atoms with van der Waals surface area (Å²) in [5.74, 6) is 0.409. The molecule has 0 bridgehead atoms. The Hall–Kier alpha value is -2.98. The lowest BCUT2D eigenvalue weighted by atomic mass is 9.83. The van der Waals surface area contributed by atoms with Crippen molar-refractivity contribution in [2.45, 2.75) is 25.7 Å². The second-order valence-electron chi connectivity index (χ2n) is 7.18. The molecule has 1 saturated carbocycles. The summed E-state index contributed by atoms with van der Waals surface area (Å²) in [5.41, 5.74) is -0.141. The molecule has 1 aromatic carbocycles. The molecule has 0 radical (unpaired) electrons. The molecule has 2 amide bonds. The highest BCUT2D eigenvalue weighted by atomic mass is 35.5. The molecule has 1 aromatic heterocycles. The number of anilines is 2. The van der Waals surface area contributed by atoms with Gasteiger partial charge >= 0.3 is 0 Å². The van der Waals surface area contributed by atoms with Crippen molar-refractivity contribution in [3.8, 4) is 6.07 Å². The average molecular weight is 396 g/mol. The van der Waals surface area contributed by atoms with Gasteiger partial charge in [0.05, 0.1) is 12.5 Å². The third-order valence-electron chi connectivity index (χ3n) is 5.28. The van der Waals surface area contributed by atoms with Crippen LogP contribution in [0.3, 0.4) is 0 Å². The second-order valence-corrected chi connectivity index (χ2v) is 7.62. The van der Waals surface area contributed by atoms with E-state index in [4.69, 9.17) is 11.6 Å². The van der Waals surface area contributed by atoms with Gasteiger partial charge in [0, 0.05) is 17.6 Å². The number of aromatic nitrogens is 2. The number of rotatable bonds is 5. The van der Waals surface area contributed by atoms with Crippen LogP contribution in [0.15, 0.2) is 36.7 Å². The highest BCUT2D eigenvalue weighted by Gasteiger charge is 2.57. The monoisotopic (exact) mass is 395 g/mol. The molecule has 0 unspecified atom stereocenters.